The number of rotatable bonds is 7. The lowest BCUT2D eigenvalue weighted by Crippen LogP contribution is -2.16. The van der Waals surface area contributed by atoms with E-state index >= 15 is 0 Å². The molecule has 0 saturated heterocycles. The third kappa shape index (κ3) is 6.44. The molecule has 0 unspecified atom stereocenters. The standard InChI is InChI=1S/C13H21N/c1-5-10-14-11-13(7-3)9-8-12(4)6-2/h6-9,14H,2,4-5,10-11H2,1,3H3/b9-8-,13-7+. The molecule has 0 amide bonds. The zero-order valence-electron chi connectivity index (χ0n) is 9.34. The predicted molar refractivity (Wildman–Crippen MR) is 65.4 cm³/mol. The highest BCUT2D eigenvalue weighted by atomic mass is 14.8. The van der Waals surface area contributed by atoms with Gasteiger partial charge < -0.3 is 5.32 Å². The van der Waals surface area contributed by atoms with Crippen LogP contribution in [0.4, 0.5) is 0 Å². The highest BCUT2D eigenvalue weighted by molar-refractivity contribution is 5.32. The largest absolute Gasteiger partial charge is 0.313 e. The van der Waals surface area contributed by atoms with E-state index in [1.807, 2.05) is 13.0 Å². The molecule has 0 spiro atoms. The van der Waals surface area contributed by atoms with Crippen molar-refractivity contribution < 1.29 is 0 Å². The minimum atomic E-state index is 0.922. The molecule has 0 saturated carbocycles. The number of allylic oxidation sites excluding steroid dienone is 4. The van der Waals surface area contributed by atoms with Crippen LogP contribution in [0.1, 0.15) is 20.3 Å². The second-order valence-electron chi connectivity index (χ2n) is 3.15. The quantitative estimate of drug-likeness (QED) is 0.481. The Bertz CT molecular complexity index is 234. The molecule has 0 aromatic carbocycles. The molecule has 78 valence electrons. The molecule has 0 aliphatic heterocycles. The Morgan fingerprint density at radius 3 is 2.57 bits per heavy atom. The van der Waals surface area contributed by atoms with Crippen LogP contribution in [0.15, 0.2) is 48.6 Å². The Balaban J connectivity index is 3.97. The van der Waals surface area contributed by atoms with Gasteiger partial charge in [0.15, 0.2) is 0 Å². The maximum Gasteiger partial charge on any atom is 0.0202 e. The summed E-state index contributed by atoms with van der Waals surface area (Å²) in [6.07, 6.45) is 9.08. The van der Waals surface area contributed by atoms with Gasteiger partial charge >= 0.3 is 0 Å². The normalized spacial score (nSPS) is 12.0. The van der Waals surface area contributed by atoms with Crippen LogP contribution in [0.5, 0.6) is 0 Å². The van der Waals surface area contributed by atoms with Gasteiger partial charge in [0.1, 0.15) is 0 Å². The average molecular weight is 191 g/mol. The fraction of sp³-hybridized carbons (Fsp3) is 0.385. The molecule has 1 heteroatoms. The van der Waals surface area contributed by atoms with Crippen LogP contribution in [0.25, 0.3) is 0 Å². The lowest BCUT2D eigenvalue weighted by atomic mass is 10.2. The topological polar surface area (TPSA) is 12.0 Å². The van der Waals surface area contributed by atoms with E-state index in [-0.39, 0.29) is 0 Å². The van der Waals surface area contributed by atoms with Gasteiger partial charge in [0, 0.05) is 6.54 Å². The SMILES string of the molecule is C=CC(=C)/C=C\C(=C/C)CNCCC. The van der Waals surface area contributed by atoms with Crippen molar-refractivity contribution in [3.05, 3.63) is 48.6 Å². The van der Waals surface area contributed by atoms with Crippen molar-refractivity contribution >= 4 is 0 Å². The zero-order valence-corrected chi connectivity index (χ0v) is 9.34. The molecule has 1 nitrogen and oxygen atoms in total. The van der Waals surface area contributed by atoms with Crippen LogP contribution in [-0.2, 0) is 0 Å². The van der Waals surface area contributed by atoms with Gasteiger partial charge in [0.2, 0.25) is 0 Å². The van der Waals surface area contributed by atoms with Crippen molar-refractivity contribution in [1.82, 2.24) is 5.32 Å². The van der Waals surface area contributed by atoms with E-state index in [0.29, 0.717) is 0 Å². The van der Waals surface area contributed by atoms with Crippen molar-refractivity contribution in [3.8, 4) is 0 Å². The molecule has 0 radical (unpaired) electrons. The van der Waals surface area contributed by atoms with E-state index in [2.05, 4.69) is 37.6 Å². The zero-order chi connectivity index (χ0) is 10.8. The molecule has 0 aliphatic rings. The van der Waals surface area contributed by atoms with Gasteiger partial charge in [-0.15, -0.1) is 0 Å². The monoisotopic (exact) mass is 191 g/mol. The molecule has 0 aliphatic carbocycles. The first-order chi connectivity index (χ1) is 6.74. The lowest BCUT2D eigenvalue weighted by Gasteiger charge is -2.03. The van der Waals surface area contributed by atoms with Gasteiger partial charge in [-0.05, 0) is 31.0 Å². The Morgan fingerprint density at radius 1 is 1.36 bits per heavy atom. The van der Waals surface area contributed by atoms with Crippen LogP contribution in [0.2, 0.25) is 0 Å². The van der Waals surface area contributed by atoms with E-state index < -0.39 is 0 Å². The molecule has 0 bridgehead atoms. The summed E-state index contributed by atoms with van der Waals surface area (Å²) in [6, 6.07) is 0. The van der Waals surface area contributed by atoms with Crippen molar-refractivity contribution in [1.29, 1.82) is 0 Å². The maximum absolute atomic E-state index is 3.82. The van der Waals surface area contributed by atoms with Gasteiger partial charge in [-0.2, -0.15) is 0 Å². The van der Waals surface area contributed by atoms with Crippen LogP contribution in [-0.4, -0.2) is 13.1 Å². The van der Waals surface area contributed by atoms with Crippen LogP contribution >= 0.6 is 0 Å². The molecule has 0 aromatic rings. The summed E-state index contributed by atoms with van der Waals surface area (Å²) in [4.78, 5) is 0. The van der Waals surface area contributed by atoms with E-state index in [1.54, 1.807) is 6.08 Å². The first-order valence-electron chi connectivity index (χ1n) is 5.09. The third-order valence-electron chi connectivity index (χ3n) is 1.90. The molecule has 0 aromatic heterocycles. The summed E-state index contributed by atoms with van der Waals surface area (Å²) in [5.41, 5.74) is 2.22. The van der Waals surface area contributed by atoms with E-state index in [4.69, 9.17) is 0 Å². The van der Waals surface area contributed by atoms with Crippen molar-refractivity contribution in [2.24, 2.45) is 0 Å². The van der Waals surface area contributed by atoms with E-state index in [0.717, 1.165) is 18.7 Å². The first kappa shape index (κ1) is 12.9. The molecule has 1 N–H and O–H groups in total. The summed E-state index contributed by atoms with van der Waals surface area (Å²) in [5, 5.41) is 3.35. The minimum absolute atomic E-state index is 0.922. The summed E-state index contributed by atoms with van der Waals surface area (Å²) < 4.78 is 0. The second kappa shape index (κ2) is 8.52. The summed E-state index contributed by atoms with van der Waals surface area (Å²) in [6.45, 7) is 13.7. The second-order valence-corrected chi connectivity index (χ2v) is 3.15. The van der Waals surface area contributed by atoms with Gasteiger partial charge in [-0.1, -0.05) is 44.4 Å². The molecule has 0 heterocycles. The fourth-order valence-electron chi connectivity index (χ4n) is 0.949. The number of hydrogen-bond acceptors (Lipinski definition) is 1. The molecule has 0 atom stereocenters. The molecule has 0 fully saturated rings. The smallest absolute Gasteiger partial charge is 0.0202 e. The molecule has 0 rings (SSSR count). The lowest BCUT2D eigenvalue weighted by molar-refractivity contribution is 0.719. The van der Waals surface area contributed by atoms with E-state index in [1.165, 1.54) is 12.0 Å². The van der Waals surface area contributed by atoms with Gasteiger partial charge in [-0.3, -0.25) is 0 Å². The summed E-state index contributed by atoms with van der Waals surface area (Å²) in [7, 11) is 0. The first-order valence-corrected chi connectivity index (χ1v) is 5.09. The molecular formula is C13H21N. The summed E-state index contributed by atoms with van der Waals surface area (Å²) in [5.74, 6) is 0. The Labute approximate surface area is 87.9 Å². The molecule has 14 heavy (non-hydrogen) atoms. The maximum atomic E-state index is 3.82. The predicted octanol–water partition coefficient (Wildman–Crippen LogP) is 3.23. The molecular weight excluding hydrogens is 170 g/mol. The fourth-order valence-corrected chi connectivity index (χ4v) is 0.949. The number of hydrogen-bond donors (Lipinski definition) is 1. The third-order valence-corrected chi connectivity index (χ3v) is 1.90. The van der Waals surface area contributed by atoms with E-state index in [9.17, 15) is 0 Å². The van der Waals surface area contributed by atoms with Crippen molar-refractivity contribution in [2.75, 3.05) is 13.1 Å². The average Bonchev–Trinajstić information content (AvgIpc) is 2.22. The van der Waals surface area contributed by atoms with Gasteiger partial charge in [-0.25, -0.2) is 0 Å². The minimum Gasteiger partial charge on any atom is -0.313 e. The highest BCUT2D eigenvalue weighted by Gasteiger charge is 1.89. The van der Waals surface area contributed by atoms with Crippen molar-refractivity contribution in [2.45, 2.75) is 20.3 Å². The Morgan fingerprint density at radius 2 is 2.07 bits per heavy atom. The Kier molecular flexibility index (Phi) is 7.86. The van der Waals surface area contributed by atoms with Crippen molar-refractivity contribution in [3.63, 3.8) is 0 Å². The number of nitrogens with one attached hydrogen (secondary N) is 1. The van der Waals surface area contributed by atoms with Crippen LogP contribution < -0.4 is 5.32 Å². The van der Waals surface area contributed by atoms with Crippen LogP contribution in [0.3, 0.4) is 0 Å². The van der Waals surface area contributed by atoms with Gasteiger partial charge in [0.05, 0.1) is 0 Å². The van der Waals surface area contributed by atoms with Gasteiger partial charge in [0.25, 0.3) is 0 Å². The highest BCUT2D eigenvalue weighted by Crippen LogP contribution is 2.00. The Hall–Kier alpha value is -1.08. The summed E-state index contributed by atoms with van der Waals surface area (Å²) >= 11 is 0. The van der Waals surface area contributed by atoms with Crippen LogP contribution in [0, 0.1) is 0 Å².